The maximum Gasteiger partial charge on any atom is 0.417 e. The Hall–Kier alpha value is -3.40. The van der Waals surface area contributed by atoms with E-state index in [9.17, 15) is 22.8 Å². The minimum atomic E-state index is -4.42. The molecule has 10 heteroatoms. The van der Waals surface area contributed by atoms with Crippen LogP contribution in [0.15, 0.2) is 57.9 Å². The van der Waals surface area contributed by atoms with Crippen LogP contribution < -0.4 is 15.4 Å². The summed E-state index contributed by atoms with van der Waals surface area (Å²) < 4.78 is 43.9. The number of pyridine rings is 1. The van der Waals surface area contributed by atoms with Crippen molar-refractivity contribution in [2.75, 3.05) is 43.0 Å². The van der Waals surface area contributed by atoms with Gasteiger partial charge in [0.25, 0.3) is 0 Å². The SMILES string of the molecule is CN1CCC(N(C(=O)C2CCN(c3ccc(C(F)(F)F)cn3)CC2)c2ccc3oc(=O)ccc3c2)CC1. The molecule has 0 saturated carbocycles. The van der Waals surface area contributed by atoms with E-state index in [1.807, 2.05) is 21.9 Å². The average Bonchev–Trinajstić information content (AvgIpc) is 2.89. The molecule has 2 aromatic heterocycles. The summed E-state index contributed by atoms with van der Waals surface area (Å²) in [5.41, 5.74) is 0.0691. The van der Waals surface area contributed by atoms with Crippen molar-refractivity contribution < 1.29 is 22.4 Å². The molecule has 4 heterocycles. The number of hydrogen-bond donors (Lipinski definition) is 0. The summed E-state index contributed by atoms with van der Waals surface area (Å²) in [6.07, 6.45) is -0.663. The highest BCUT2D eigenvalue weighted by Crippen LogP contribution is 2.33. The summed E-state index contributed by atoms with van der Waals surface area (Å²) in [6, 6.07) is 11.0. The highest BCUT2D eigenvalue weighted by atomic mass is 19.4. The fourth-order valence-electron chi connectivity index (χ4n) is 5.27. The minimum Gasteiger partial charge on any atom is -0.423 e. The van der Waals surface area contributed by atoms with Gasteiger partial charge in [0, 0.05) is 48.4 Å². The van der Waals surface area contributed by atoms with E-state index in [1.165, 1.54) is 12.1 Å². The van der Waals surface area contributed by atoms with E-state index in [0.29, 0.717) is 37.3 Å². The second kappa shape index (κ2) is 10.2. The topological polar surface area (TPSA) is 69.9 Å². The molecular weight excluding hydrogens is 485 g/mol. The number of alkyl halides is 3. The number of carbonyl (C=O) groups excluding carboxylic acids is 1. The molecule has 0 aliphatic carbocycles. The molecule has 2 aliphatic heterocycles. The average molecular weight is 515 g/mol. The van der Waals surface area contributed by atoms with E-state index in [2.05, 4.69) is 16.9 Å². The standard InChI is InChI=1S/C27H29F3N4O3/c1-32-12-10-21(11-13-32)34(22-4-5-23-19(16-22)2-7-25(35)37-23)26(36)18-8-14-33(15-9-18)24-6-3-20(17-31-24)27(28,29)30/h2-7,16-18,21H,8-15H2,1H3. The van der Waals surface area contributed by atoms with Crippen LogP contribution in [0.25, 0.3) is 11.0 Å². The van der Waals surface area contributed by atoms with E-state index in [-0.39, 0.29) is 17.9 Å². The number of halogens is 3. The Bertz CT molecular complexity index is 1310. The van der Waals surface area contributed by atoms with Crippen molar-refractivity contribution in [3.05, 3.63) is 64.6 Å². The van der Waals surface area contributed by atoms with Gasteiger partial charge in [-0.15, -0.1) is 0 Å². The quantitative estimate of drug-likeness (QED) is 0.476. The minimum absolute atomic E-state index is 0.0614. The third kappa shape index (κ3) is 5.49. The molecule has 0 bridgehead atoms. The monoisotopic (exact) mass is 514 g/mol. The molecule has 0 N–H and O–H groups in total. The van der Waals surface area contributed by atoms with Crippen molar-refractivity contribution in [3.8, 4) is 0 Å². The second-order valence-corrected chi connectivity index (χ2v) is 9.88. The normalized spacial score (nSPS) is 18.3. The maximum absolute atomic E-state index is 13.9. The van der Waals surface area contributed by atoms with Gasteiger partial charge < -0.3 is 19.1 Å². The smallest absolute Gasteiger partial charge is 0.417 e. The Morgan fingerprint density at radius 1 is 1.00 bits per heavy atom. The van der Waals surface area contributed by atoms with Gasteiger partial charge in [-0.25, -0.2) is 9.78 Å². The van der Waals surface area contributed by atoms with Gasteiger partial charge in [-0.05, 0) is 82.2 Å². The zero-order valence-corrected chi connectivity index (χ0v) is 20.6. The number of aromatic nitrogens is 1. The van der Waals surface area contributed by atoms with Crippen LogP contribution in [0, 0.1) is 5.92 Å². The molecular formula is C27H29F3N4O3. The number of piperidine rings is 2. The van der Waals surface area contributed by atoms with E-state index < -0.39 is 17.4 Å². The zero-order chi connectivity index (χ0) is 26.2. The molecule has 0 unspecified atom stereocenters. The Balaban J connectivity index is 1.34. The number of anilines is 2. The number of carbonyl (C=O) groups is 1. The van der Waals surface area contributed by atoms with Gasteiger partial charge >= 0.3 is 11.8 Å². The maximum atomic E-state index is 13.9. The summed E-state index contributed by atoms with van der Waals surface area (Å²) in [7, 11) is 2.07. The summed E-state index contributed by atoms with van der Waals surface area (Å²) in [5.74, 6) is 0.350. The van der Waals surface area contributed by atoms with Crippen LogP contribution in [0.1, 0.15) is 31.2 Å². The van der Waals surface area contributed by atoms with Gasteiger partial charge in [-0.1, -0.05) is 0 Å². The summed E-state index contributed by atoms with van der Waals surface area (Å²) in [4.78, 5) is 35.7. The molecule has 2 saturated heterocycles. The lowest BCUT2D eigenvalue weighted by molar-refractivity contribution is -0.137. The van der Waals surface area contributed by atoms with Crippen LogP contribution in [0.3, 0.4) is 0 Å². The molecule has 0 radical (unpaired) electrons. The van der Waals surface area contributed by atoms with Gasteiger partial charge in [-0.3, -0.25) is 4.79 Å². The van der Waals surface area contributed by atoms with Gasteiger partial charge in [0.2, 0.25) is 5.91 Å². The van der Waals surface area contributed by atoms with Gasteiger partial charge in [0.1, 0.15) is 11.4 Å². The lowest BCUT2D eigenvalue weighted by Gasteiger charge is -2.40. The first-order chi connectivity index (χ1) is 17.7. The molecule has 7 nitrogen and oxygen atoms in total. The molecule has 2 fully saturated rings. The predicted molar refractivity (Wildman–Crippen MR) is 135 cm³/mol. The van der Waals surface area contributed by atoms with Gasteiger partial charge in [0.15, 0.2) is 0 Å². The molecule has 196 valence electrons. The first kappa shape index (κ1) is 25.3. The van der Waals surface area contributed by atoms with Crippen molar-refractivity contribution in [1.29, 1.82) is 0 Å². The number of amides is 1. The fraction of sp³-hybridized carbons (Fsp3) is 0.444. The Morgan fingerprint density at radius 3 is 2.38 bits per heavy atom. The third-order valence-electron chi connectivity index (χ3n) is 7.42. The molecule has 0 atom stereocenters. The largest absolute Gasteiger partial charge is 0.423 e. The zero-order valence-electron chi connectivity index (χ0n) is 20.6. The van der Waals surface area contributed by atoms with E-state index >= 15 is 0 Å². The molecule has 37 heavy (non-hydrogen) atoms. The summed E-state index contributed by atoms with van der Waals surface area (Å²) in [5, 5.41) is 0.756. The predicted octanol–water partition coefficient (Wildman–Crippen LogP) is 4.55. The van der Waals surface area contributed by atoms with Crippen LogP contribution in [-0.4, -0.2) is 55.1 Å². The summed E-state index contributed by atoms with van der Waals surface area (Å²) in [6.45, 7) is 2.88. The van der Waals surface area contributed by atoms with Crippen molar-refractivity contribution in [3.63, 3.8) is 0 Å². The van der Waals surface area contributed by atoms with Crippen molar-refractivity contribution >= 4 is 28.4 Å². The molecule has 0 spiro atoms. The van der Waals surface area contributed by atoms with Crippen molar-refractivity contribution in [2.45, 2.75) is 37.9 Å². The number of fused-ring (bicyclic) bond motifs is 1. The van der Waals surface area contributed by atoms with E-state index in [0.717, 1.165) is 49.3 Å². The highest BCUT2D eigenvalue weighted by Gasteiger charge is 2.35. The molecule has 5 rings (SSSR count). The lowest BCUT2D eigenvalue weighted by atomic mass is 9.92. The fourth-order valence-corrected chi connectivity index (χ4v) is 5.27. The second-order valence-electron chi connectivity index (χ2n) is 9.88. The lowest BCUT2D eigenvalue weighted by Crippen LogP contribution is -2.50. The Labute approximate surface area is 212 Å². The van der Waals surface area contributed by atoms with Crippen molar-refractivity contribution in [2.24, 2.45) is 5.92 Å². The van der Waals surface area contributed by atoms with Crippen LogP contribution in [-0.2, 0) is 11.0 Å². The number of hydrogen-bond acceptors (Lipinski definition) is 6. The third-order valence-corrected chi connectivity index (χ3v) is 7.42. The number of benzene rings is 1. The first-order valence-electron chi connectivity index (χ1n) is 12.5. The molecule has 2 aliphatic rings. The van der Waals surface area contributed by atoms with Crippen LogP contribution in [0.2, 0.25) is 0 Å². The van der Waals surface area contributed by atoms with Crippen LogP contribution >= 0.6 is 0 Å². The highest BCUT2D eigenvalue weighted by molar-refractivity contribution is 5.97. The van der Waals surface area contributed by atoms with Gasteiger partial charge in [-0.2, -0.15) is 13.2 Å². The summed E-state index contributed by atoms with van der Waals surface area (Å²) >= 11 is 0. The van der Waals surface area contributed by atoms with Gasteiger partial charge in [0.05, 0.1) is 5.56 Å². The Kier molecular flexibility index (Phi) is 6.94. The number of likely N-dealkylation sites (tertiary alicyclic amines) is 1. The number of rotatable bonds is 4. The van der Waals surface area contributed by atoms with E-state index in [1.54, 1.807) is 12.1 Å². The molecule has 3 aromatic rings. The van der Waals surface area contributed by atoms with E-state index in [4.69, 9.17) is 4.42 Å². The van der Waals surface area contributed by atoms with Crippen LogP contribution in [0.5, 0.6) is 0 Å². The first-order valence-corrected chi connectivity index (χ1v) is 12.5. The van der Waals surface area contributed by atoms with Crippen LogP contribution in [0.4, 0.5) is 24.7 Å². The molecule has 1 aromatic carbocycles. The molecule has 1 amide bonds. The van der Waals surface area contributed by atoms with Crippen molar-refractivity contribution in [1.82, 2.24) is 9.88 Å². The Morgan fingerprint density at radius 2 is 1.73 bits per heavy atom. The number of nitrogens with zero attached hydrogens (tertiary/aromatic N) is 4.